The molecule has 18 heavy (non-hydrogen) atoms. The molecule has 0 saturated heterocycles. The average Bonchev–Trinajstić information content (AvgIpc) is 2.85. The Labute approximate surface area is 111 Å². The Bertz CT molecular complexity index is 588. The van der Waals surface area contributed by atoms with E-state index in [-0.39, 0.29) is 0 Å². The van der Waals surface area contributed by atoms with Crippen LogP contribution in [0.3, 0.4) is 0 Å². The molecule has 1 aliphatic heterocycles. The van der Waals surface area contributed by atoms with Gasteiger partial charge in [-0.3, -0.25) is 4.79 Å². The zero-order valence-electron chi connectivity index (χ0n) is 10.3. The Morgan fingerprint density at radius 3 is 3.00 bits per heavy atom. The Morgan fingerprint density at radius 1 is 1.33 bits per heavy atom. The van der Waals surface area contributed by atoms with Gasteiger partial charge in [-0.25, -0.2) is 0 Å². The SMILES string of the molecule is Cc1cc(C=O)ccc1N1CCc2sccc2C1. The van der Waals surface area contributed by atoms with Crippen molar-refractivity contribution in [2.24, 2.45) is 0 Å². The summed E-state index contributed by atoms with van der Waals surface area (Å²) in [6, 6.07) is 8.15. The highest BCUT2D eigenvalue weighted by Crippen LogP contribution is 2.29. The van der Waals surface area contributed by atoms with Gasteiger partial charge in [0.2, 0.25) is 0 Å². The van der Waals surface area contributed by atoms with Gasteiger partial charge in [-0.05, 0) is 54.1 Å². The van der Waals surface area contributed by atoms with E-state index in [9.17, 15) is 4.79 Å². The number of nitrogens with zero attached hydrogens (tertiary/aromatic N) is 1. The monoisotopic (exact) mass is 257 g/mol. The second-order valence-electron chi connectivity index (χ2n) is 4.70. The third-order valence-electron chi connectivity index (χ3n) is 3.51. The lowest BCUT2D eigenvalue weighted by molar-refractivity contribution is 0.112. The maximum atomic E-state index is 10.8. The van der Waals surface area contributed by atoms with Crippen LogP contribution in [0.5, 0.6) is 0 Å². The van der Waals surface area contributed by atoms with E-state index in [0.29, 0.717) is 0 Å². The predicted molar refractivity (Wildman–Crippen MR) is 75.6 cm³/mol. The second-order valence-corrected chi connectivity index (χ2v) is 5.71. The molecule has 0 spiro atoms. The molecule has 0 aliphatic carbocycles. The summed E-state index contributed by atoms with van der Waals surface area (Å²) < 4.78 is 0. The van der Waals surface area contributed by atoms with Gasteiger partial charge in [0, 0.05) is 29.2 Å². The number of benzene rings is 1. The molecule has 0 radical (unpaired) electrons. The van der Waals surface area contributed by atoms with E-state index in [0.717, 1.165) is 31.4 Å². The number of fused-ring (bicyclic) bond motifs is 1. The summed E-state index contributed by atoms with van der Waals surface area (Å²) in [4.78, 5) is 14.7. The summed E-state index contributed by atoms with van der Waals surface area (Å²) in [6.07, 6.45) is 2.03. The maximum absolute atomic E-state index is 10.8. The zero-order valence-corrected chi connectivity index (χ0v) is 11.2. The topological polar surface area (TPSA) is 20.3 Å². The molecule has 0 amide bonds. The Balaban J connectivity index is 1.90. The van der Waals surface area contributed by atoms with Crippen LogP contribution in [0.2, 0.25) is 0 Å². The molecule has 0 saturated carbocycles. The number of aldehydes is 1. The van der Waals surface area contributed by atoms with E-state index >= 15 is 0 Å². The van der Waals surface area contributed by atoms with Crippen molar-refractivity contribution in [3.8, 4) is 0 Å². The molecular formula is C15H15NOS. The number of carbonyl (C=O) groups is 1. The zero-order chi connectivity index (χ0) is 12.5. The molecule has 0 bridgehead atoms. The van der Waals surface area contributed by atoms with E-state index in [2.05, 4.69) is 29.3 Å². The summed E-state index contributed by atoms with van der Waals surface area (Å²) in [5.74, 6) is 0. The van der Waals surface area contributed by atoms with Gasteiger partial charge < -0.3 is 4.90 Å². The van der Waals surface area contributed by atoms with Crippen molar-refractivity contribution in [2.45, 2.75) is 19.9 Å². The fourth-order valence-corrected chi connectivity index (χ4v) is 3.45. The molecule has 0 N–H and O–H groups in total. The largest absolute Gasteiger partial charge is 0.367 e. The highest BCUT2D eigenvalue weighted by atomic mass is 32.1. The number of anilines is 1. The van der Waals surface area contributed by atoms with Crippen molar-refractivity contribution in [2.75, 3.05) is 11.4 Å². The van der Waals surface area contributed by atoms with Crippen LogP contribution < -0.4 is 4.90 Å². The van der Waals surface area contributed by atoms with Crippen molar-refractivity contribution in [3.05, 3.63) is 51.2 Å². The number of carbonyl (C=O) groups excluding carboxylic acids is 1. The normalized spacial score (nSPS) is 14.4. The van der Waals surface area contributed by atoms with E-state index in [4.69, 9.17) is 0 Å². The maximum Gasteiger partial charge on any atom is 0.150 e. The van der Waals surface area contributed by atoms with Crippen molar-refractivity contribution < 1.29 is 4.79 Å². The van der Waals surface area contributed by atoms with Crippen molar-refractivity contribution in [1.29, 1.82) is 0 Å². The molecule has 92 valence electrons. The lowest BCUT2D eigenvalue weighted by atomic mass is 10.1. The first-order chi connectivity index (χ1) is 8.78. The minimum Gasteiger partial charge on any atom is -0.367 e. The van der Waals surface area contributed by atoms with E-state index in [1.54, 1.807) is 0 Å². The first-order valence-corrected chi connectivity index (χ1v) is 7.02. The van der Waals surface area contributed by atoms with E-state index in [1.807, 2.05) is 23.5 Å². The highest BCUT2D eigenvalue weighted by molar-refractivity contribution is 7.10. The second kappa shape index (κ2) is 4.58. The lowest BCUT2D eigenvalue weighted by Gasteiger charge is -2.30. The molecule has 2 nitrogen and oxygen atoms in total. The summed E-state index contributed by atoms with van der Waals surface area (Å²) in [7, 11) is 0. The third-order valence-corrected chi connectivity index (χ3v) is 4.53. The minimum absolute atomic E-state index is 0.754. The van der Waals surface area contributed by atoms with Gasteiger partial charge in [0.25, 0.3) is 0 Å². The van der Waals surface area contributed by atoms with Crippen molar-refractivity contribution in [1.82, 2.24) is 0 Å². The molecule has 0 atom stereocenters. The first kappa shape index (κ1) is 11.5. The first-order valence-electron chi connectivity index (χ1n) is 6.14. The van der Waals surface area contributed by atoms with E-state index < -0.39 is 0 Å². The fourth-order valence-electron chi connectivity index (χ4n) is 2.56. The smallest absolute Gasteiger partial charge is 0.150 e. The molecule has 2 aromatic rings. The number of thiophene rings is 1. The molecule has 2 heterocycles. The number of hydrogen-bond donors (Lipinski definition) is 0. The van der Waals surface area contributed by atoms with Gasteiger partial charge >= 0.3 is 0 Å². The van der Waals surface area contributed by atoms with Gasteiger partial charge in [-0.1, -0.05) is 0 Å². The van der Waals surface area contributed by atoms with Crippen LogP contribution in [0.15, 0.2) is 29.6 Å². The molecule has 3 rings (SSSR count). The molecule has 0 fully saturated rings. The summed E-state index contributed by atoms with van der Waals surface area (Å²) >= 11 is 1.86. The van der Waals surface area contributed by atoms with Crippen LogP contribution in [0.4, 0.5) is 5.69 Å². The highest BCUT2D eigenvalue weighted by Gasteiger charge is 2.18. The Morgan fingerprint density at radius 2 is 2.22 bits per heavy atom. The quantitative estimate of drug-likeness (QED) is 0.768. The van der Waals surface area contributed by atoms with Crippen molar-refractivity contribution in [3.63, 3.8) is 0 Å². The standard InChI is InChI=1S/C15H15NOS/c1-11-8-12(10-17)2-3-14(11)16-6-4-15-13(9-16)5-7-18-15/h2-3,5,7-8,10H,4,6,9H2,1H3. The minimum atomic E-state index is 0.754. The Kier molecular flexibility index (Phi) is 2.92. The van der Waals surface area contributed by atoms with Gasteiger partial charge in [-0.2, -0.15) is 0 Å². The fraction of sp³-hybridized carbons (Fsp3) is 0.267. The van der Waals surface area contributed by atoms with Gasteiger partial charge in [0.15, 0.2) is 0 Å². The van der Waals surface area contributed by atoms with Crippen LogP contribution in [0.1, 0.15) is 26.4 Å². The summed E-state index contributed by atoms with van der Waals surface area (Å²) in [6.45, 7) is 4.13. The number of hydrogen-bond acceptors (Lipinski definition) is 3. The molecule has 1 aromatic heterocycles. The Hall–Kier alpha value is -1.61. The van der Waals surface area contributed by atoms with Gasteiger partial charge in [0.05, 0.1) is 0 Å². The molecule has 1 aromatic carbocycles. The van der Waals surface area contributed by atoms with Crippen LogP contribution >= 0.6 is 11.3 Å². The lowest BCUT2D eigenvalue weighted by Crippen LogP contribution is -2.29. The van der Waals surface area contributed by atoms with Gasteiger partial charge in [0.1, 0.15) is 6.29 Å². The van der Waals surface area contributed by atoms with Crippen LogP contribution in [0, 0.1) is 6.92 Å². The van der Waals surface area contributed by atoms with Crippen molar-refractivity contribution >= 4 is 23.3 Å². The van der Waals surface area contributed by atoms with Gasteiger partial charge in [-0.15, -0.1) is 11.3 Å². The van der Waals surface area contributed by atoms with Crippen LogP contribution in [-0.4, -0.2) is 12.8 Å². The van der Waals surface area contributed by atoms with Crippen LogP contribution in [0.25, 0.3) is 0 Å². The summed E-state index contributed by atoms with van der Waals surface area (Å²) in [5, 5.41) is 2.18. The van der Waals surface area contributed by atoms with E-state index in [1.165, 1.54) is 21.7 Å². The molecule has 0 unspecified atom stereocenters. The summed E-state index contributed by atoms with van der Waals surface area (Å²) in [5.41, 5.74) is 4.63. The predicted octanol–water partition coefficient (Wildman–Crippen LogP) is 3.43. The third kappa shape index (κ3) is 1.95. The molecular weight excluding hydrogens is 242 g/mol. The van der Waals surface area contributed by atoms with Crippen LogP contribution in [-0.2, 0) is 13.0 Å². The number of rotatable bonds is 2. The number of aryl methyl sites for hydroxylation is 1. The molecule has 3 heteroatoms. The average molecular weight is 257 g/mol. The molecule has 1 aliphatic rings.